The molecule has 0 aliphatic carbocycles. The molecule has 1 heterocycles. The van der Waals surface area contributed by atoms with E-state index < -0.39 is 12.0 Å². The Morgan fingerprint density at radius 2 is 1.79 bits per heavy atom. The third-order valence-corrected chi connectivity index (χ3v) is 3.62. The third kappa shape index (κ3) is 5.12. The first-order valence-electron chi connectivity index (χ1n) is 8.27. The number of para-hydroxylation sites is 1. The summed E-state index contributed by atoms with van der Waals surface area (Å²) in [4.78, 5) is 32.0. The predicted octanol–water partition coefficient (Wildman–Crippen LogP) is 2.89. The van der Waals surface area contributed by atoms with E-state index in [2.05, 4.69) is 20.6 Å². The summed E-state index contributed by atoms with van der Waals surface area (Å²) in [6, 6.07) is 18.8. The molecule has 3 aromatic rings. The van der Waals surface area contributed by atoms with Crippen LogP contribution in [0.5, 0.6) is 5.75 Å². The van der Waals surface area contributed by atoms with E-state index in [4.69, 9.17) is 10.00 Å². The van der Waals surface area contributed by atoms with Gasteiger partial charge >= 0.3 is 6.09 Å². The van der Waals surface area contributed by atoms with Crippen molar-refractivity contribution in [1.29, 1.82) is 5.26 Å². The molecule has 0 saturated heterocycles. The molecule has 0 spiro atoms. The lowest BCUT2D eigenvalue weighted by molar-refractivity contribution is 0.0945. The third-order valence-electron chi connectivity index (χ3n) is 3.62. The fourth-order valence-electron chi connectivity index (χ4n) is 2.25. The van der Waals surface area contributed by atoms with E-state index in [1.807, 2.05) is 6.07 Å². The lowest BCUT2D eigenvalue weighted by atomic mass is 10.1. The van der Waals surface area contributed by atoms with Gasteiger partial charge in [-0.15, -0.1) is 0 Å². The maximum absolute atomic E-state index is 12.3. The molecule has 0 fully saturated rings. The number of ether oxygens (including phenoxy) is 1. The van der Waals surface area contributed by atoms with Gasteiger partial charge in [0.15, 0.2) is 0 Å². The number of nitrogens with one attached hydrogen (secondary N) is 2. The molecule has 8 heteroatoms. The maximum Gasteiger partial charge on any atom is 0.418 e. The van der Waals surface area contributed by atoms with Gasteiger partial charge in [0.1, 0.15) is 23.6 Å². The van der Waals surface area contributed by atoms with Crippen molar-refractivity contribution in [3.8, 4) is 11.8 Å². The largest absolute Gasteiger partial charge is 0.418 e. The zero-order valence-corrected chi connectivity index (χ0v) is 14.6. The first kappa shape index (κ1) is 18.5. The monoisotopic (exact) mass is 373 g/mol. The topological polar surface area (TPSA) is 117 Å². The van der Waals surface area contributed by atoms with Gasteiger partial charge in [-0.05, 0) is 29.8 Å². The molecule has 0 aliphatic rings. The molecule has 28 heavy (non-hydrogen) atoms. The summed E-state index contributed by atoms with van der Waals surface area (Å²) in [7, 11) is 0. The van der Waals surface area contributed by atoms with Crippen molar-refractivity contribution in [2.75, 3.05) is 5.32 Å². The summed E-state index contributed by atoms with van der Waals surface area (Å²) in [6.07, 6.45) is 0.447. The molecule has 8 nitrogen and oxygen atoms in total. The van der Waals surface area contributed by atoms with Crippen LogP contribution in [0, 0.1) is 11.3 Å². The molecule has 3 rings (SSSR count). The Morgan fingerprint density at radius 1 is 1.04 bits per heavy atom. The average Bonchev–Trinajstić information content (AvgIpc) is 2.73. The van der Waals surface area contributed by atoms with Gasteiger partial charge in [0.05, 0.1) is 11.6 Å². The van der Waals surface area contributed by atoms with Crippen molar-refractivity contribution in [3.63, 3.8) is 0 Å². The summed E-state index contributed by atoms with van der Waals surface area (Å²) in [6.45, 7) is 0.271. The predicted molar refractivity (Wildman–Crippen MR) is 100 cm³/mol. The Balaban J connectivity index is 1.57. The smallest absolute Gasteiger partial charge is 0.410 e. The van der Waals surface area contributed by atoms with Crippen LogP contribution >= 0.6 is 0 Å². The quantitative estimate of drug-likeness (QED) is 0.710. The maximum atomic E-state index is 12.3. The lowest BCUT2D eigenvalue weighted by Gasteiger charge is -2.08. The van der Waals surface area contributed by atoms with Gasteiger partial charge in [0.2, 0.25) is 0 Å². The summed E-state index contributed by atoms with van der Waals surface area (Å²) < 4.78 is 5.11. The molecule has 2 aromatic carbocycles. The second-order valence-electron chi connectivity index (χ2n) is 5.61. The number of hydrogen-bond acceptors (Lipinski definition) is 6. The molecule has 0 bridgehead atoms. The zero-order chi connectivity index (χ0) is 19.8. The minimum Gasteiger partial charge on any atom is -0.410 e. The average molecular weight is 373 g/mol. The van der Waals surface area contributed by atoms with Crippen molar-refractivity contribution in [1.82, 2.24) is 15.3 Å². The molecule has 2 N–H and O–H groups in total. The van der Waals surface area contributed by atoms with Crippen molar-refractivity contribution in [3.05, 3.63) is 83.8 Å². The molecular weight excluding hydrogens is 358 g/mol. The first-order chi connectivity index (χ1) is 13.6. The van der Waals surface area contributed by atoms with Gasteiger partial charge in [0, 0.05) is 12.6 Å². The fraction of sp³-hybridized carbons (Fsp3) is 0.0500. The van der Waals surface area contributed by atoms with Gasteiger partial charge in [0.25, 0.3) is 5.91 Å². The Kier molecular flexibility index (Phi) is 5.90. The van der Waals surface area contributed by atoms with Crippen LogP contribution in [0.15, 0.2) is 67.0 Å². The highest BCUT2D eigenvalue weighted by atomic mass is 16.6. The summed E-state index contributed by atoms with van der Waals surface area (Å²) >= 11 is 0. The van der Waals surface area contributed by atoms with E-state index in [1.165, 1.54) is 12.4 Å². The number of anilines is 1. The van der Waals surface area contributed by atoms with Gasteiger partial charge in [-0.2, -0.15) is 5.26 Å². The number of hydrogen-bond donors (Lipinski definition) is 2. The lowest BCUT2D eigenvalue weighted by Crippen LogP contribution is -2.24. The van der Waals surface area contributed by atoms with E-state index in [-0.39, 0.29) is 18.1 Å². The minimum absolute atomic E-state index is 0.0960. The van der Waals surface area contributed by atoms with Gasteiger partial charge in [-0.25, -0.2) is 14.8 Å². The number of nitrogens with zero attached hydrogens (tertiary/aromatic N) is 3. The van der Waals surface area contributed by atoms with E-state index >= 15 is 0 Å². The SMILES string of the molecule is N#Cc1ccc(CNC(=O)c2cc(NC(=O)Oc3ccccc3)ncn2)cc1. The Labute approximate surface area is 160 Å². The normalized spacial score (nSPS) is 9.82. The van der Waals surface area contributed by atoms with Crippen LogP contribution in [0.2, 0.25) is 0 Å². The fourth-order valence-corrected chi connectivity index (χ4v) is 2.25. The van der Waals surface area contributed by atoms with Crippen molar-refractivity contribution >= 4 is 17.8 Å². The molecule has 0 atom stereocenters. The van der Waals surface area contributed by atoms with Crippen LogP contribution in [-0.4, -0.2) is 22.0 Å². The first-order valence-corrected chi connectivity index (χ1v) is 8.27. The van der Waals surface area contributed by atoms with Crippen molar-refractivity contribution in [2.45, 2.75) is 6.54 Å². The molecule has 0 radical (unpaired) electrons. The highest BCUT2D eigenvalue weighted by molar-refractivity contribution is 5.94. The van der Waals surface area contributed by atoms with Crippen LogP contribution in [0.3, 0.4) is 0 Å². The van der Waals surface area contributed by atoms with Crippen molar-refractivity contribution in [2.24, 2.45) is 0 Å². The summed E-state index contributed by atoms with van der Waals surface area (Å²) in [5.41, 5.74) is 1.48. The molecule has 0 unspecified atom stereocenters. The second-order valence-corrected chi connectivity index (χ2v) is 5.61. The molecule has 0 saturated carbocycles. The number of carbonyl (C=O) groups excluding carboxylic acids is 2. The number of carbonyl (C=O) groups is 2. The van der Waals surface area contributed by atoms with Crippen LogP contribution in [0.4, 0.5) is 10.6 Å². The van der Waals surface area contributed by atoms with Crippen LogP contribution in [0.25, 0.3) is 0 Å². The van der Waals surface area contributed by atoms with E-state index in [9.17, 15) is 9.59 Å². The molecule has 138 valence electrons. The number of benzene rings is 2. The highest BCUT2D eigenvalue weighted by Gasteiger charge is 2.11. The molecule has 2 amide bonds. The van der Waals surface area contributed by atoms with E-state index in [1.54, 1.807) is 54.6 Å². The van der Waals surface area contributed by atoms with Gasteiger partial charge in [-0.1, -0.05) is 30.3 Å². The van der Waals surface area contributed by atoms with Crippen LogP contribution in [0.1, 0.15) is 21.6 Å². The van der Waals surface area contributed by atoms with Crippen LogP contribution < -0.4 is 15.4 Å². The molecular formula is C20H15N5O3. The van der Waals surface area contributed by atoms with E-state index in [0.717, 1.165) is 5.56 Å². The number of aromatic nitrogens is 2. The standard InChI is InChI=1S/C20H15N5O3/c21-11-14-6-8-15(9-7-14)12-22-19(26)17-10-18(24-13-23-17)25-20(27)28-16-4-2-1-3-5-16/h1-10,13H,12H2,(H,22,26)(H,23,24,25,27). The van der Waals surface area contributed by atoms with E-state index in [0.29, 0.717) is 11.3 Å². The summed E-state index contributed by atoms with van der Waals surface area (Å²) in [5, 5.41) is 14.0. The minimum atomic E-state index is -0.728. The second kappa shape index (κ2) is 8.91. The molecule has 1 aromatic heterocycles. The van der Waals surface area contributed by atoms with Crippen molar-refractivity contribution < 1.29 is 14.3 Å². The van der Waals surface area contributed by atoms with Gasteiger partial charge in [-0.3, -0.25) is 10.1 Å². The van der Waals surface area contributed by atoms with Crippen LogP contribution in [-0.2, 0) is 6.54 Å². The van der Waals surface area contributed by atoms with Gasteiger partial charge < -0.3 is 10.1 Å². The molecule has 0 aliphatic heterocycles. The Morgan fingerprint density at radius 3 is 2.50 bits per heavy atom. The Hall–Kier alpha value is -4.25. The number of amides is 2. The number of rotatable bonds is 5. The summed E-state index contributed by atoms with van der Waals surface area (Å²) in [5.74, 6) is 0.0973. The Bertz CT molecular complexity index is 1010. The zero-order valence-electron chi connectivity index (χ0n) is 14.6. The number of nitriles is 1. The highest BCUT2D eigenvalue weighted by Crippen LogP contribution is 2.11.